The summed E-state index contributed by atoms with van der Waals surface area (Å²) in [5, 5.41) is 0. The number of allylic oxidation sites excluding steroid dienone is 1. The summed E-state index contributed by atoms with van der Waals surface area (Å²) in [6.45, 7) is 8.62. The van der Waals surface area contributed by atoms with Gasteiger partial charge in [-0.15, -0.1) is 0 Å². The van der Waals surface area contributed by atoms with Gasteiger partial charge in [-0.1, -0.05) is 20.8 Å². The molecule has 0 saturated heterocycles. The Hall–Kier alpha value is -0.990. The van der Waals surface area contributed by atoms with E-state index in [2.05, 4.69) is 20.8 Å². The quantitative estimate of drug-likeness (QED) is 0.606. The van der Waals surface area contributed by atoms with Gasteiger partial charge in [-0.05, 0) is 31.1 Å². The molecule has 3 unspecified atom stereocenters. The van der Waals surface area contributed by atoms with E-state index in [0.29, 0.717) is 11.7 Å². The molecule has 94 valence electrons. The Morgan fingerprint density at radius 3 is 2.47 bits per heavy atom. The normalized spacial score (nSPS) is 46.7. The van der Waals surface area contributed by atoms with Gasteiger partial charge in [-0.2, -0.15) is 0 Å². The molecule has 1 spiro atoms. The van der Waals surface area contributed by atoms with E-state index in [1.165, 1.54) is 12.5 Å². The minimum absolute atomic E-state index is 0.0736. The van der Waals surface area contributed by atoms with Crippen LogP contribution in [-0.4, -0.2) is 11.8 Å². The number of ether oxygens (including phenoxy) is 2. The van der Waals surface area contributed by atoms with Crippen molar-refractivity contribution in [2.24, 2.45) is 16.7 Å². The molecule has 0 N–H and O–H groups in total. The van der Waals surface area contributed by atoms with E-state index in [1.54, 1.807) is 0 Å². The highest BCUT2D eigenvalue weighted by molar-refractivity contribution is 5.83. The maximum atomic E-state index is 11.7. The van der Waals surface area contributed by atoms with Crippen LogP contribution in [-0.2, 0) is 14.3 Å². The second-order valence-corrected chi connectivity index (χ2v) is 6.52. The zero-order valence-corrected chi connectivity index (χ0v) is 11.0. The molecule has 2 bridgehead atoms. The summed E-state index contributed by atoms with van der Waals surface area (Å²) in [5.74, 6) is 0.311. The molecular formula is C14H20O3. The van der Waals surface area contributed by atoms with Crippen molar-refractivity contribution in [3.8, 4) is 0 Å². The Kier molecular flexibility index (Phi) is 1.88. The number of hydrogen-bond acceptors (Lipinski definition) is 3. The molecule has 0 aromatic carbocycles. The smallest absolute Gasteiger partial charge is 0.337 e. The van der Waals surface area contributed by atoms with Crippen molar-refractivity contribution in [3.63, 3.8) is 0 Å². The summed E-state index contributed by atoms with van der Waals surface area (Å²) in [6, 6.07) is 0. The molecule has 2 saturated carbocycles. The second kappa shape index (κ2) is 2.88. The average Bonchev–Trinajstić information content (AvgIpc) is 2.48. The number of rotatable bonds is 0. The molecule has 2 aliphatic carbocycles. The lowest BCUT2D eigenvalue weighted by atomic mass is 9.68. The lowest BCUT2D eigenvalue weighted by Crippen LogP contribution is -2.53. The Balaban J connectivity index is 2.07. The van der Waals surface area contributed by atoms with Gasteiger partial charge in [-0.3, -0.25) is 0 Å². The minimum Gasteiger partial charge on any atom is -0.456 e. The highest BCUT2D eigenvalue weighted by Crippen LogP contribution is 2.71. The molecule has 3 rings (SSSR count). The first-order chi connectivity index (χ1) is 7.81. The lowest BCUT2D eigenvalue weighted by Gasteiger charge is -2.48. The number of esters is 1. The Labute approximate surface area is 102 Å². The van der Waals surface area contributed by atoms with Crippen LogP contribution >= 0.6 is 0 Å². The third-order valence-corrected chi connectivity index (χ3v) is 5.70. The fourth-order valence-electron chi connectivity index (χ4n) is 4.16. The van der Waals surface area contributed by atoms with Crippen molar-refractivity contribution in [2.75, 3.05) is 0 Å². The van der Waals surface area contributed by atoms with Gasteiger partial charge >= 0.3 is 5.97 Å². The van der Waals surface area contributed by atoms with Gasteiger partial charge in [0.25, 0.3) is 5.79 Å². The van der Waals surface area contributed by atoms with E-state index in [1.807, 2.05) is 6.92 Å². The molecular weight excluding hydrogens is 216 g/mol. The SMILES string of the molecule is CC1=CC(=O)OC2(CC3CCC2(C)C3(C)C)O1. The number of hydrogen-bond donors (Lipinski definition) is 0. The largest absolute Gasteiger partial charge is 0.456 e. The fraction of sp³-hybridized carbons (Fsp3) is 0.786. The molecule has 3 aliphatic rings. The van der Waals surface area contributed by atoms with Crippen LogP contribution in [0.2, 0.25) is 0 Å². The van der Waals surface area contributed by atoms with E-state index in [9.17, 15) is 4.79 Å². The van der Waals surface area contributed by atoms with Crippen molar-refractivity contribution >= 4 is 5.97 Å². The third-order valence-electron chi connectivity index (χ3n) is 5.70. The van der Waals surface area contributed by atoms with E-state index < -0.39 is 5.79 Å². The molecule has 3 nitrogen and oxygen atoms in total. The Morgan fingerprint density at radius 2 is 2.00 bits per heavy atom. The van der Waals surface area contributed by atoms with Gasteiger partial charge in [0, 0.05) is 6.42 Å². The first-order valence-electron chi connectivity index (χ1n) is 6.41. The monoisotopic (exact) mass is 236 g/mol. The van der Waals surface area contributed by atoms with Gasteiger partial charge in [0.2, 0.25) is 0 Å². The summed E-state index contributed by atoms with van der Waals surface area (Å²) in [4.78, 5) is 11.7. The third kappa shape index (κ3) is 1.10. The maximum Gasteiger partial charge on any atom is 0.337 e. The van der Waals surface area contributed by atoms with Crippen LogP contribution in [0.3, 0.4) is 0 Å². The molecule has 0 aromatic rings. The highest BCUT2D eigenvalue weighted by atomic mass is 16.7. The van der Waals surface area contributed by atoms with Gasteiger partial charge < -0.3 is 9.47 Å². The van der Waals surface area contributed by atoms with Crippen LogP contribution in [0.15, 0.2) is 11.8 Å². The van der Waals surface area contributed by atoms with E-state index >= 15 is 0 Å². The summed E-state index contributed by atoms with van der Waals surface area (Å²) >= 11 is 0. The maximum absolute atomic E-state index is 11.7. The van der Waals surface area contributed by atoms with Gasteiger partial charge in [0.15, 0.2) is 0 Å². The fourth-order valence-corrected chi connectivity index (χ4v) is 4.16. The van der Waals surface area contributed by atoms with Crippen molar-refractivity contribution in [2.45, 2.75) is 52.7 Å². The summed E-state index contributed by atoms with van der Waals surface area (Å²) in [5.41, 5.74) is 0.0980. The molecule has 0 aromatic heterocycles. The molecule has 3 heteroatoms. The molecule has 17 heavy (non-hydrogen) atoms. The predicted molar refractivity (Wildman–Crippen MR) is 62.9 cm³/mol. The Morgan fingerprint density at radius 1 is 1.29 bits per heavy atom. The van der Waals surface area contributed by atoms with Crippen molar-refractivity contribution in [1.82, 2.24) is 0 Å². The van der Waals surface area contributed by atoms with Crippen LogP contribution in [0.5, 0.6) is 0 Å². The van der Waals surface area contributed by atoms with Crippen molar-refractivity contribution in [3.05, 3.63) is 11.8 Å². The van der Waals surface area contributed by atoms with E-state index in [-0.39, 0.29) is 16.8 Å². The molecule has 1 heterocycles. The number of carbonyl (C=O) groups is 1. The topological polar surface area (TPSA) is 35.5 Å². The standard InChI is InChI=1S/C14H20O3/c1-9-7-11(15)17-14(16-9)8-10-5-6-13(14,4)12(10,2)3/h7,10H,5-6,8H2,1-4H3. The Bertz CT molecular complexity index is 423. The molecule has 3 atom stereocenters. The van der Waals surface area contributed by atoms with E-state index in [0.717, 1.165) is 12.8 Å². The van der Waals surface area contributed by atoms with Crippen LogP contribution in [0.25, 0.3) is 0 Å². The van der Waals surface area contributed by atoms with Gasteiger partial charge in [0.1, 0.15) is 5.76 Å². The highest BCUT2D eigenvalue weighted by Gasteiger charge is 2.73. The van der Waals surface area contributed by atoms with Crippen molar-refractivity contribution in [1.29, 1.82) is 0 Å². The zero-order valence-electron chi connectivity index (χ0n) is 11.0. The van der Waals surface area contributed by atoms with Crippen molar-refractivity contribution < 1.29 is 14.3 Å². The zero-order chi connectivity index (χ0) is 12.5. The number of carbonyl (C=O) groups excluding carboxylic acids is 1. The van der Waals surface area contributed by atoms with Crippen LogP contribution in [0.4, 0.5) is 0 Å². The molecule has 0 amide bonds. The lowest BCUT2D eigenvalue weighted by molar-refractivity contribution is -0.273. The van der Waals surface area contributed by atoms with Crippen LogP contribution < -0.4 is 0 Å². The first kappa shape index (κ1) is 11.1. The summed E-state index contributed by atoms with van der Waals surface area (Å²) in [6.07, 6.45) is 4.57. The second-order valence-electron chi connectivity index (χ2n) is 6.52. The number of fused-ring (bicyclic) bond motifs is 3. The first-order valence-corrected chi connectivity index (χ1v) is 6.41. The minimum atomic E-state index is -0.713. The molecule has 1 aliphatic heterocycles. The summed E-state index contributed by atoms with van der Waals surface area (Å²) in [7, 11) is 0. The van der Waals surface area contributed by atoms with E-state index in [4.69, 9.17) is 9.47 Å². The molecule has 2 fully saturated rings. The van der Waals surface area contributed by atoms with Crippen LogP contribution in [0.1, 0.15) is 47.0 Å². The van der Waals surface area contributed by atoms with Crippen LogP contribution in [0, 0.1) is 16.7 Å². The summed E-state index contributed by atoms with van der Waals surface area (Å²) < 4.78 is 11.6. The molecule has 0 radical (unpaired) electrons. The predicted octanol–water partition coefficient (Wildman–Crippen LogP) is 3.01. The van der Waals surface area contributed by atoms with Gasteiger partial charge in [0.05, 0.1) is 11.5 Å². The average molecular weight is 236 g/mol. The van der Waals surface area contributed by atoms with Gasteiger partial charge in [-0.25, -0.2) is 4.79 Å².